The molecule has 3 N–H and O–H groups in total. The van der Waals surface area contributed by atoms with Crippen LogP contribution in [0, 0.1) is 0 Å². The molecular formula is C16H20N4O3. The van der Waals surface area contributed by atoms with Crippen molar-refractivity contribution in [2.24, 2.45) is 0 Å². The number of hydrogen-bond donors (Lipinski definition) is 3. The molecule has 0 fully saturated rings. The van der Waals surface area contributed by atoms with Gasteiger partial charge in [0, 0.05) is 31.3 Å². The molecule has 7 nitrogen and oxygen atoms in total. The Kier molecular flexibility index (Phi) is 6.02. The number of hydrogen-bond acceptors (Lipinski definition) is 6. The van der Waals surface area contributed by atoms with Gasteiger partial charge in [-0.15, -0.1) is 0 Å². The molecule has 7 heteroatoms. The zero-order valence-corrected chi connectivity index (χ0v) is 12.9. The van der Waals surface area contributed by atoms with Gasteiger partial charge in [0.25, 0.3) is 0 Å². The van der Waals surface area contributed by atoms with E-state index in [9.17, 15) is 4.79 Å². The van der Waals surface area contributed by atoms with Crippen LogP contribution in [-0.2, 0) is 4.79 Å². The molecule has 23 heavy (non-hydrogen) atoms. The number of rotatable bonds is 7. The second kappa shape index (κ2) is 8.21. The van der Waals surface area contributed by atoms with Gasteiger partial charge in [0.05, 0.1) is 31.3 Å². The number of nitrogens with one attached hydrogen (secondary N) is 1. The van der Waals surface area contributed by atoms with Crippen molar-refractivity contribution in [2.75, 3.05) is 36.5 Å². The van der Waals surface area contributed by atoms with E-state index in [1.54, 1.807) is 29.4 Å². The Bertz CT molecular complexity index is 640. The minimum Gasteiger partial charge on any atom is -0.395 e. The summed E-state index contributed by atoms with van der Waals surface area (Å²) >= 11 is 0. The first kappa shape index (κ1) is 16.9. The van der Waals surface area contributed by atoms with Crippen LogP contribution < -0.4 is 10.2 Å². The van der Waals surface area contributed by atoms with E-state index in [1.165, 1.54) is 6.92 Å². The van der Waals surface area contributed by atoms with Gasteiger partial charge >= 0.3 is 0 Å². The van der Waals surface area contributed by atoms with Gasteiger partial charge in [-0.25, -0.2) is 4.98 Å². The molecule has 0 saturated carbocycles. The number of carbonyl (C=O) groups excluding carboxylic acids is 1. The van der Waals surface area contributed by atoms with Crippen molar-refractivity contribution in [1.82, 2.24) is 9.97 Å². The number of aromatic nitrogens is 2. The average molecular weight is 316 g/mol. The topological polar surface area (TPSA) is 98.6 Å². The molecule has 1 aromatic carbocycles. The van der Waals surface area contributed by atoms with E-state index < -0.39 is 0 Å². The van der Waals surface area contributed by atoms with Crippen molar-refractivity contribution < 1.29 is 15.0 Å². The van der Waals surface area contributed by atoms with Crippen LogP contribution in [0.15, 0.2) is 36.7 Å². The van der Waals surface area contributed by atoms with Crippen LogP contribution in [0.3, 0.4) is 0 Å². The average Bonchev–Trinajstić information content (AvgIpc) is 2.55. The van der Waals surface area contributed by atoms with E-state index in [0.717, 1.165) is 5.56 Å². The van der Waals surface area contributed by atoms with Crippen molar-refractivity contribution in [3.8, 4) is 11.3 Å². The monoisotopic (exact) mass is 316 g/mol. The third-order valence-electron chi connectivity index (χ3n) is 3.19. The Morgan fingerprint density at radius 2 is 1.78 bits per heavy atom. The lowest BCUT2D eigenvalue weighted by atomic mass is 10.1. The zero-order valence-electron chi connectivity index (χ0n) is 12.9. The summed E-state index contributed by atoms with van der Waals surface area (Å²) in [4.78, 5) is 21.5. The fourth-order valence-corrected chi connectivity index (χ4v) is 2.16. The van der Waals surface area contributed by atoms with Gasteiger partial charge in [-0.3, -0.25) is 9.78 Å². The molecule has 122 valence electrons. The molecular weight excluding hydrogens is 296 g/mol. The smallest absolute Gasteiger partial charge is 0.221 e. The zero-order chi connectivity index (χ0) is 16.7. The Hall–Kier alpha value is -2.51. The SMILES string of the molecule is CC(=O)Nc1ccc(-c2cncc(N(CCO)CCO)n2)cc1. The van der Waals surface area contributed by atoms with Gasteiger partial charge < -0.3 is 20.4 Å². The van der Waals surface area contributed by atoms with Crippen molar-refractivity contribution >= 4 is 17.4 Å². The molecule has 0 spiro atoms. The van der Waals surface area contributed by atoms with Gasteiger partial charge in [-0.05, 0) is 12.1 Å². The number of anilines is 2. The molecule has 2 rings (SSSR count). The van der Waals surface area contributed by atoms with Crippen LogP contribution in [0.4, 0.5) is 11.5 Å². The van der Waals surface area contributed by atoms with Gasteiger partial charge in [0.1, 0.15) is 5.82 Å². The van der Waals surface area contributed by atoms with E-state index in [-0.39, 0.29) is 19.1 Å². The quantitative estimate of drug-likeness (QED) is 0.702. The Balaban J connectivity index is 2.22. The van der Waals surface area contributed by atoms with Gasteiger partial charge in [0.15, 0.2) is 0 Å². The maximum Gasteiger partial charge on any atom is 0.221 e. The Labute approximate surface area is 134 Å². The highest BCUT2D eigenvalue weighted by Crippen LogP contribution is 2.21. The van der Waals surface area contributed by atoms with Crippen molar-refractivity contribution in [3.05, 3.63) is 36.7 Å². The van der Waals surface area contributed by atoms with E-state index in [4.69, 9.17) is 10.2 Å². The predicted octanol–water partition coefficient (Wildman–Crippen LogP) is 0.893. The highest BCUT2D eigenvalue weighted by atomic mass is 16.3. The highest BCUT2D eigenvalue weighted by molar-refractivity contribution is 5.88. The molecule has 0 aliphatic carbocycles. The molecule has 0 aliphatic heterocycles. The van der Waals surface area contributed by atoms with Gasteiger partial charge in [-0.1, -0.05) is 12.1 Å². The minimum atomic E-state index is -0.122. The third kappa shape index (κ3) is 4.73. The van der Waals surface area contributed by atoms with Crippen molar-refractivity contribution in [3.63, 3.8) is 0 Å². The number of amides is 1. The molecule has 0 atom stereocenters. The summed E-state index contributed by atoms with van der Waals surface area (Å²) in [6.07, 6.45) is 3.24. The Morgan fingerprint density at radius 1 is 1.13 bits per heavy atom. The number of benzene rings is 1. The third-order valence-corrected chi connectivity index (χ3v) is 3.19. The molecule has 1 aromatic heterocycles. The molecule has 2 aromatic rings. The molecule has 0 radical (unpaired) electrons. The second-order valence-corrected chi connectivity index (χ2v) is 4.96. The lowest BCUT2D eigenvalue weighted by molar-refractivity contribution is -0.114. The summed E-state index contributed by atoms with van der Waals surface area (Å²) < 4.78 is 0. The first-order valence-corrected chi connectivity index (χ1v) is 7.30. The number of nitrogens with zero attached hydrogens (tertiary/aromatic N) is 3. The first-order valence-electron chi connectivity index (χ1n) is 7.30. The van der Waals surface area contributed by atoms with Crippen LogP contribution in [-0.4, -0.2) is 52.4 Å². The molecule has 0 saturated heterocycles. The van der Waals surface area contributed by atoms with Crippen LogP contribution in [0.2, 0.25) is 0 Å². The summed E-state index contributed by atoms with van der Waals surface area (Å²) in [7, 11) is 0. The maximum atomic E-state index is 11.0. The van der Waals surface area contributed by atoms with Gasteiger partial charge in [-0.2, -0.15) is 0 Å². The highest BCUT2D eigenvalue weighted by Gasteiger charge is 2.09. The lowest BCUT2D eigenvalue weighted by Gasteiger charge is -2.21. The number of carbonyl (C=O) groups is 1. The van der Waals surface area contributed by atoms with Crippen LogP contribution in [0.25, 0.3) is 11.3 Å². The largest absolute Gasteiger partial charge is 0.395 e. The first-order chi connectivity index (χ1) is 11.1. The van der Waals surface area contributed by atoms with E-state index >= 15 is 0 Å². The predicted molar refractivity (Wildman–Crippen MR) is 88.2 cm³/mol. The summed E-state index contributed by atoms with van der Waals surface area (Å²) in [6, 6.07) is 7.29. The van der Waals surface area contributed by atoms with E-state index in [2.05, 4.69) is 15.3 Å². The van der Waals surface area contributed by atoms with Gasteiger partial charge in [0.2, 0.25) is 5.91 Å². The summed E-state index contributed by atoms with van der Waals surface area (Å²) in [5, 5.41) is 20.9. The summed E-state index contributed by atoms with van der Waals surface area (Å²) in [6.45, 7) is 2.15. The second-order valence-electron chi connectivity index (χ2n) is 4.96. The normalized spacial score (nSPS) is 10.4. The fourth-order valence-electron chi connectivity index (χ4n) is 2.16. The lowest BCUT2D eigenvalue weighted by Crippen LogP contribution is -2.30. The van der Waals surface area contributed by atoms with Crippen LogP contribution >= 0.6 is 0 Å². The standard InChI is InChI=1S/C16H20N4O3/c1-12(23)18-14-4-2-13(3-5-14)15-10-17-11-16(19-15)20(6-8-21)7-9-22/h2-5,10-11,21-22H,6-9H2,1H3,(H,18,23). The van der Waals surface area contributed by atoms with Crippen LogP contribution in [0.5, 0.6) is 0 Å². The summed E-state index contributed by atoms with van der Waals surface area (Å²) in [5.41, 5.74) is 2.26. The number of aliphatic hydroxyl groups excluding tert-OH is 2. The molecule has 0 unspecified atom stereocenters. The number of aliphatic hydroxyl groups is 2. The van der Waals surface area contributed by atoms with E-state index in [1.807, 2.05) is 12.1 Å². The molecule has 1 heterocycles. The maximum absolute atomic E-state index is 11.0. The van der Waals surface area contributed by atoms with Crippen molar-refractivity contribution in [1.29, 1.82) is 0 Å². The molecule has 0 aliphatic rings. The molecule has 0 bridgehead atoms. The summed E-state index contributed by atoms with van der Waals surface area (Å²) in [5.74, 6) is 0.472. The minimum absolute atomic E-state index is 0.0304. The van der Waals surface area contributed by atoms with Crippen LogP contribution in [0.1, 0.15) is 6.92 Å². The van der Waals surface area contributed by atoms with Crippen molar-refractivity contribution in [2.45, 2.75) is 6.92 Å². The fraction of sp³-hybridized carbons (Fsp3) is 0.312. The Morgan fingerprint density at radius 3 is 2.35 bits per heavy atom. The van der Waals surface area contributed by atoms with E-state index in [0.29, 0.717) is 30.3 Å². The molecule has 1 amide bonds.